The predicted octanol–water partition coefficient (Wildman–Crippen LogP) is 13.7. The second kappa shape index (κ2) is 14.7. The van der Waals surface area contributed by atoms with Gasteiger partial charge in [0.05, 0.1) is 5.69 Å². The zero-order valence-corrected chi connectivity index (χ0v) is 34.9. The Morgan fingerprint density at radius 3 is 1.39 bits per heavy atom. The fourth-order valence-corrected chi connectivity index (χ4v) is 9.92. The van der Waals surface area contributed by atoms with Gasteiger partial charge < -0.3 is 9.64 Å². The molecule has 0 bridgehead atoms. The molecule has 0 spiro atoms. The maximum atomic E-state index is 7.17. The number of hydrogen-bond acceptors (Lipinski definition) is 2. The van der Waals surface area contributed by atoms with Crippen LogP contribution in [0.5, 0.6) is 11.5 Å². The van der Waals surface area contributed by atoms with Crippen molar-refractivity contribution >= 4 is 40.2 Å². The lowest BCUT2D eigenvalue weighted by Crippen LogP contribution is -2.59. The van der Waals surface area contributed by atoms with Crippen LogP contribution in [0, 0.1) is 27.7 Å². The Morgan fingerprint density at radius 1 is 0.344 bits per heavy atom. The maximum Gasteiger partial charge on any atom is 0.256 e. The average molecular weight is 782 g/mol. The van der Waals surface area contributed by atoms with E-state index in [9.17, 15) is 0 Å². The monoisotopic (exact) mass is 781 g/mol. The van der Waals surface area contributed by atoms with E-state index >= 15 is 0 Å². The lowest BCUT2D eigenvalue weighted by Gasteiger charge is -2.42. The van der Waals surface area contributed by atoms with Crippen molar-refractivity contribution in [1.82, 2.24) is 0 Å². The number of rotatable bonds is 6. The number of hydrogen-bond donors (Lipinski definition) is 0. The van der Waals surface area contributed by atoms with Crippen molar-refractivity contribution < 1.29 is 4.74 Å². The molecule has 0 radical (unpaired) electrons. The third-order valence-electron chi connectivity index (χ3n) is 12.4. The van der Waals surface area contributed by atoms with Crippen LogP contribution < -0.4 is 26.0 Å². The molecule has 0 aromatic heterocycles. The highest BCUT2D eigenvalue weighted by Gasteiger charge is 2.43. The Bertz CT molecular complexity index is 3060. The van der Waals surface area contributed by atoms with Crippen molar-refractivity contribution in [3.8, 4) is 67.1 Å². The van der Waals surface area contributed by atoms with E-state index in [2.05, 4.69) is 227 Å². The van der Waals surface area contributed by atoms with Crippen molar-refractivity contribution in [3.63, 3.8) is 0 Å². The first-order chi connectivity index (χ1) is 29.9. The minimum absolute atomic E-state index is 0.0920. The molecule has 3 heteroatoms. The smallest absolute Gasteiger partial charge is 0.256 e. The Labute approximate surface area is 359 Å². The third-order valence-corrected chi connectivity index (χ3v) is 12.4. The van der Waals surface area contributed by atoms with Gasteiger partial charge in [-0.2, -0.15) is 0 Å². The van der Waals surface area contributed by atoms with Gasteiger partial charge in [-0.25, -0.2) is 0 Å². The molecule has 2 nitrogen and oxygen atoms in total. The zero-order valence-electron chi connectivity index (χ0n) is 34.9. The molecule has 61 heavy (non-hydrogen) atoms. The SMILES string of the molecule is Cc1cc(C)cc(-c2ccc3c(c2)B2c4cc(-c5cc(C)cc(C)c5)ccc4N(c4c(-c5ccccc5)cccc4-c4ccccc4)c4cc(-c5ccccc5)cc(c42)O3)c1. The van der Waals surface area contributed by atoms with Gasteiger partial charge >= 0.3 is 0 Å². The van der Waals surface area contributed by atoms with Crippen LogP contribution in [-0.2, 0) is 0 Å². The molecule has 2 heterocycles. The van der Waals surface area contributed by atoms with Gasteiger partial charge in [0, 0.05) is 22.5 Å². The van der Waals surface area contributed by atoms with Crippen molar-refractivity contribution in [1.29, 1.82) is 0 Å². The third kappa shape index (κ3) is 6.45. The first kappa shape index (κ1) is 36.7. The first-order valence-electron chi connectivity index (χ1n) is 21.3. The van der Waals surface area contributed by atoms with E-state index in [1.165, 1.54) is 72.0 Å². The van der Waals surface area contributed by atoms with E-state index in [0.29, 0.717) is 0 Å². The summed E-state index contributed by atoms with van der Waals surface area (Å²) in [6.07, 6.45) is 0. The molecule has 2 aliphatic heterocycles. The number of benzene rings is 9. The van der Waals surface area contributed by atoms with E-state index in [-0.39, 0.29) is 6.71 Å². The van der Waals surface area contributed by atoms with Gasteiger partial charge in [0.1, 0.15) is 11.5 Å². The highest BCUT2D eigenvalue weighted by molar-refractivity contribution is 6.99. The van der Waals surface area contributed by atoms with Crippen molar-refractivity contribution in [2.45, 2.75) is 27.7 Å². The number of anilines is 3. The summed E-state index contributed by atoms with van der Waals surface area (Å²) < 4.78 is 7.17. The van der Waals surface area contributed by atoms with Gasteiger partial charge in [-0.3, -0.25) is 0 Å². The molecule has 0 unspecified atom stereocenters. The molecule has 0 amide bonds. The molecule has 0 saturated carbocycles. The van der Waals surface area contributed by atoms with Gasteiger partial charge in [0.2, 0.25) is 0 Å². The summed E-state index contributed by atoms with van der Waals surface area (Å²) in [6, 6.07) is 71.5. The summed E-state index contributed by atoms with van der Waals surface area (Å²) in [7, 11) is 0. The molecule has 0 atom stereocenters. The van der Waals surface area contributed by atoms with Crippen LogP contribution in [0.25, 0.3) is 55.6 Å². The Balaban J connectivity index is 1.26. The summed E-state index contributed by atoms with van der Waals surface area (Å²) in [6.45, 7) is 8.66. The van der Waals surface area contributed by atoms with Crippen LogP contribution in [0.1, 0.15) is 22.3 Å². The van der Waals surface area contributed by atoms with Crippen molar-refractivity contribution in [2.75, 3.05) is 4.90 Å². The number of fused-ring (bicyclic) bond motifs is 4. The van der Waals surface area contributed by atoms with Crippen molar-refractivity contribution in [2.24, 2.45) is 0 Å². The van der Waals surface area contributed by atoms with E-state index < -0.39 is 0 Å². The number of aryl methyl sites for hydroxylation is 4. The first-order valence-corrected chi connectivity index (χ1v) is 21.3. The van der Waals surface area contributed by atoms with E-state index in [4.69, 9.17) is 4.74 Å². The van der Waals surface area contributed by atoms with Gasteiger partial charge in [-0.1, -0.05) is 192 Å². The number of para-hydroxylation sites is 1. The van der Waals surface area contributed by atoms with Crippen LogP contribution in [0.4, 0.5) is 17.1 Å². The number of nitrogens with zero attached hydrogens (tertiary/aromatic N) is 1. The van der Waals surface area contributed by atoms with Crippen LogP contribution in [0.15, 0.2) is 194 Å². The summed E-state index contributed by atoms with van der Waals surface area (Å²) in [4.78, 5) is 2.55. The summed E-state index contributed by atoms with van der Waals surface area (Å²) >= 11 is 0. The minimum atomic E-state index is -0.0920. The average Bonchev–Trinajstić information content (AvgIpc) is 3.28. The Morgan fingerprint density at radius 2 is 0.836 bits per heavy atom. The Kier molecular flexibility index (Phi) is 8.86. The molecular formula is C58H44BNO. The molecule has 0 N–H and O–H groups in total. The van der Waals surface area contributed by atoms with Gasteiger partial charge in [0.25, 0.3) is 6.71 Å². The minimum Gasteiger partial charge on any atom is -0.458 e. The lowest BCUT2D eigenvalue weighted by molar-refractivity contribution is 0.488. The van der Waals surface area contributed by atoms with E-state index in [0.717, 1.165) is 50.8 Å². The summed E-state index contributed by atoms with van der Waals surface area (Å²) in [5.41, 5.74) is 23.8. The maximum absolute atomic E-state index is 7.17. The molecule has 0 aliphatic carbocycles. The molecule has 11 rings (SSSR count). The molecule has 0 saturated heterocycles. The quantitative estimate of drug-likeness (QED) is 0.156. The molecule has 9 aromatic rings. The second-order valence-corrected chi connectivity index (χ2v) is 16.9. The lowest BCUT2D eigenvalue weighted by atomic mass is 9.34. The molecule has 290 valence electrons. The molecule has 2 aliphatic rings. The highest BCUT2D eigenvalue weighted by Crippen LogP contribution is 2.50. The standard InChI is InChI=1S/C58H44BNO/c1-37-27-38(2)30-46(29-37)44-23-25-53-51(33-44)59-52-34-45(47-31-39(3)28-40(4)32-47)24-26-55(52)61-56-36-48(41-15-8-5-9-16-41)35-54(57(56)59)60(53)58-49(42-17-10-6-11-18-42)21-14-22-50(58)43-19-12-7-13-20-43/h5-36H,1-4H3. The fourth-order valence-electron chi connectivity index (χ4n) is 9.92. The summed E-state index contributed by atoms with van der Waals surface area (Å²) in [5.74, 6) is 1.78. The van der Waals surface area contributed by atoms with E-state index in [1.807, 2.05) is 0 Å². The van der Waals surface area contributed by atoms with Crippen LogP contribution >= 0.6 is 0 Å². The van der Waals surface area contributed by atoms with Crippen LogP contribution in [-0.4, -0.2) is 6.71 Å². The highest BCUT2D eigenvalue weighted by atomic mass is 16.5. The van der Waals surface area contributed by atoms with Gasteiger partial charge in [0.15, 0.2) is 0 Å². The van der Waals surface area contributed by atoms with Crippen molar-refractivity contribution in [3.05, 3.63) is 216 Å². The molecule has 0 fully saturated rings. The zero-order chi connectivity index (χ0) is 41.2. The second-order valence-electron chi connectivity index (χ2n) is 16.9. The van der Waals surface area contributed by atoms with Gasteiger partial charge in [-0.15, -0.1) is 0 Å². The topological polar surface area (TPSA) is 12.5 Å². The summed E-state index contributed by atoms with van der Waals surface area (Å²) in [5, 5.41) is 0. The molecule has 9 aromatic carbocycles. The van der Waals surface area contributed by atoms with Crippen LogP contribution in [0.3, 0.4) is 0 Å². The molecular weight excluding hydrogens is 737 g/mol. The largest absolute Gasteiger partial charge is 0.458 e. The predicted molar refractivity (Wildman–Crippen MR) is 258 cm³/mol. The Hall–Kier alpha value is -7.36. The fraction of sp³-hybridized carbons (Fsp3) is 0.0690. The normalized spacial score (nSPS) is 12.3. The number of ether oxygens (including phenoxy) is 1. The van der Waals surface area contributed by atoms with Gasteiger partial charge in [-0.05, 0) is 113 Å². The van der Waals surface area contributed by atoms with E-state index in [1.54, 1.807) is 0 Å². The van der Waals surface area contributed by atoms with Crippen LogP contribution in [0.2, 0.25) is 0 Å².